The van der Waals surface area contributed by atoms with Gasteiger partial charge in [-0.15, -0.1) is 0 Å². The average Bonchev–Trinajstić information content (AvgIpc) is 2.47. The van der Waals surface area contributed by atoms with Crippen molar-refractivity contribution >= 4 is 5.69 Å². The highest BCUT2D eigenvalue weighted by Crippen LogP contribution is 2.20. The highest BCUT2D eigenvalue weighted by Gasteiger charge is 2.15. The number of hydrogen-bond acceptors (Lipinski definition) is 5. The van der Waals surface area contributed by atoms with E-state index >= 15 is 0 Å². The molecule has 1 aliphatic heterocycles. The van der Waals surface area contributed by atoms with Crippen molar-refractivity contribution in [3.05, 3.63) is 39.4 Å². The molecule has 0 aromatic heterocycles. The van der Waals surface area contributed by atoms with Gasteiger partial charge in [0.15, 0.2) is 0 Å². The van der Waals surface area contributed by atoms with Gasteiger partial charge < -0.3 is 10.1 Å². The summed E-state index contributed by atoms with van der Waals surface area (Å²) in [5, 5.41) is 14.4. The van der Waals surface area contributed by atoms with Crippen LogP contribution in [-0.4, -0.2) is 48.7 Å². The molecule has 6 heteroatoms. The van der Waals surface area contributed by atoms with Crippen LogP contribution in [-0.2, 0) is 11.3 Å². The zero-order valence-electron chi connectivity index (χ0n) is 12.7. The molecule has 1 aromatic rings. The zero-order chi connectivity index (χ0) is 15.2. The number of nitrogens with zero attached hydrogens (tertiary/aromatic N) is 2. The van der Waals surface area contributed by atoms with E-state index in [1.165, 1.54) is 0 Å². The number of benzene rings is 1. The van der Waals surface area contributed by atoms with Crippen molar-refractivity contribution < 1.29 is 9.66 Å². The van der Waals surface area contributed by atoms with Gasteiger partial charge in [-0.3, -0.25) is 15.0 Å². The summed E-state index contributed by atoms with van der Waals surface area (Å²) in [6, 6.07) is 5.57. The van der Waals surface area contributed by atoms with Gasteiger partial charge in [-0.05, 0) is 19.4 Å². The lowest BCUT2D eigenvalue weighted by molar-refractivity contribution is -0.385. The topological polar surface area (TPSA) is 67.6 Å². The Balaban J connectivity index is 1.87. The fraction of sp³-hybridized carbons (Fsp3) is 0.600. The van der Waals surface area contributed by atoms with Gasteiger partial charge in [0.1, 0.15) is 0 Å². The van der Waals surface area contributed by atoms with E-state index in [2.05, 4.69) is 17.1 Å². The van der Waals surface area contributed by atoms with Gasteiger partial charge in [0.25, 0.3) is 5.69 Å². The van der Waals surface area contributed by atoms with Crippen molar-refractivity contribution in [2.75, 3.05) is 32.8 Å². The van der Waals surface area contributed by atoms with Gasteiger partial charge in [-0.25, -0.2) is 0 Å². The van der Waals surface area contributed by atoms with E-state index < -0.39 is 0 Å². The van der Waals surface area contributed by atoms with Crippen LogP contribution >= 0.6 is 0 Å². The lowest BCUT2D eigenvalue weighted by Gasteiger charge is -2.29. The molecule has 0 amide bonds. The Morgan fingerprint density at radius 3 is 2.81 bits per heavy atom. The molecule has 1 aromatic carbocycles. The first-order valence-corrected chi connectivity index (χ1v) is 7.34. The SMILES string of the molecule is Cc1c(CNC(C)CN2CCOCC2)cccc1[N+](=O)[O-]. The van der Waals surface area contributed by atoms with E-state index in [0.29, 0.717) is 12.6 Å². The van der Waals surface area contributed by atoms with Crippen molar-refractivity contribution in [3.8, 4) is 0 Å². The lowest BCUT2D eigenvalue weighted by Crippen LogP contribution is -2.44. The van der Waals surface area contributed by atoms with Gasteiger partial charge in [0.2, 0.25) is 0 Å². The van der Waals surface area contributed by atoms with Crippen LogP contribution in [0.15, 0.2) is 18.2 Å². The Kier molecular flexibility index (Phi) is 5.67. The molecule has 1 saturated heterocycles. The van der Waals surface area contributed by atoms with Crippen LogP contribution in [0.4, 0.5) is 5.69 Å². The molecule has 1 atom stereocenters. The number of morpholine rings is 1. The molecule has 0 radical (unpaired) electrons. The summed E-state index contributed by atoms with van der Waals surface area (Å²) in [4.78, 5) is 13.0. The zero-order valence-corrected chi connectivity index (χ0v) is 12.7. The van der Waals surface area contributed by atoms with E-state index in [0.717, 1.165) is 44.0 Å². The quantitative estimate of drug-likeness (QED) is 0.639. The molecule has 2 rings (SSSR count). The molecule has 1 N–H and O–H groups in total. The molecule has 1 aliphatic rings. The fourth-order valence-corrected chi connectivity index (χ4v) is 2.58. The largest absolute Gasteiger partial charge is 0.379 e. The summed E-state index contributed by atoms with van der Waals surface area (Å²) in [5.41, 5.74) is 1.92. The number of nitro benzene ring substituents is 1. The van der Waals surface area contributed by atoms with Crippen molar-refractivity contribution in [2.45, 2.75) is 26.4 Å². The maximum Gasteiger partial charge on any atom is 0.272 e. The second kappa shape index (κ2) is 7.49. The molecule has 1 heterocycles. The minimum atomic E-state index is -0.323. The number of nitrogens with one attached hydrogen (secondary N) is 1. The monoisotopic (exact) mass is 293 g/mol. The molecule has 0 aliphatic carbocycles. The second-order valence-corrected chi connectivity index (χ2v) is 5.51. The predicted octanol–water partition coefficient (Wildman–Crippen LogP) is 1.71. The van der Waals surface area contributed by atoms with Gasteiger partial charge in [-0.1, -0.05) is 12.1 Å². The standard InChI is InChI=1S/C15H23N3O3/c1-12(11-17-6-8-21-9-7-17)16-10-14-4-3-5-15(13(14)2)18(19)20/h3-5,12,16H,6-11H2,1-2H3. The Hall–Kier alpha value is -1.50. The smallest absolute Gasteiger partial charge is 0.272 e. The first kappa shape index (κ1) is 15.9. The van der Waals surface area contributed by atoms with Gasteiger partial charge in [-0.2, -0.15) is 0 Å². The van der Waals surface area contributed by atoms with Crippen LogP contribution in [0.5, 0.6) is 0 Å². The molecule has 1 unspecified atom stereocenters. The molecule has 6 nitrogen and oxygen atoms in total. The van der Waals surface area contributed by atoms with Gasteiger partial charge in [0.05, 0.1) is 18.1 Å². The molecule has 116 valence electrons. The van der Waals surface area contributed by atoms with Crippen LogP contribution in [0.2, 0.25) is 0 Å². The summed E-state index contributed by atoms with van der Waals surface area (Å²) in [7, 11) is 0. The highest BCUT2D eigenvalue weighted by atomic mass is 16.6. The van der Waals surface area contributed by atoms with E-state index in [1.807, 2.05) is 13.0 Å². The number of nitro groups is 1. The van der Waals surface area contributed by atoms with Crippen LogP contribution in [0.25, 0.3) is 0 Å². The van der Waals surface area contributed by atoms with Crippen LogP contribution in [0.1, 0.15) is 18.1 Å². The second-order valence-electron chi connectivity index (χ2n) is 5.51. The third-order valence-electron chi connectivity index (χ3n) is 3.89. The summed E-state index contributed by atoms with van der Waals surface area (Å²) in [6.07, 6.45) is 0. The third-order valence-corrected chi connectivity index (χ3v) is 3.89. The molecule has 0 spiro atoms. The molecular formula is C15H23N3O3. The summed E-state index contributed by atoms with van der Waals surface area (Å²) in [6.45, 7) is 9.12. The Labute approximate surface area is 125 Å². The lowest BCUT2D eigenvalue weighted by atomic mass is 10.1. The predicted molar refractivity (Wildman–Crippen MR) is 81.4 cm³/mol. The van der Waals surface area contributed by atoms with E-state index in [1.54, 1.807) is 12.1 Å². The van der Waals surface area contributed by atoms with Crippen molar-refractivity contribution in [1.29, 1.82) is 0 Å². The first-order valence-electron chi connectivity index (χ1n) is 7.34. The molecule has 0 bridgehead atoms. The summed E-state index contributed by atoms with van der Waals surface area (Å²) >= 11 is 0. The Bertz CT molecular complexity index is 487. The highest BCUT2D eigenvalue weighted by molar-refractivity contribution is 5.44. The maximum atomic E-state index is 10.9. The van der Waals surface area contributed by atoms with E-state index in [9.17, 15) is 10.1 Å². The first-order chi connectivity index (χ1) is 10.1. The summed E-state index contributed by atoms with van der Waals surface area (Å²) in [5.74, 6) is 0. The minimum absolute atomic E-state index is 0.190. The summed E-state index contributed by atoms with van der Waals surface area (Å²) < 4.78 is 5.34. The van der Waals surface area contributed by atoms with Crippen molar-refractivity contribution in [1.82, 2.24) is 10.2 Å². The van der Waals surface area contributed by atoms with E-state index in [4.69, 9.17) is 4.74 Å². The van der Waals surface area contributed by atoms with Gasteiger partial charge >= 0.3 is 0 Å². The van der Waals surface area contributed by atoms with Crippen molar-refractivity contribution in [2.24, 2.45) is 0 Å². The van der Waals surface area contributed by atoms with Gasteiger partial charge in [0, 0.05) is 43.9 Å². The molecule has 1 fully saturated rings. The molecule has 21 heavy (non-hydrogen) atoms. The fourth-order valence-electron chi connectivity index (χ4n) is 2.58. The van der Waals surface area contributed by atoms with Crippen LogP contribution in [0.3, 0.4) is 0 Å². The molecule has 0 saturated carbocycles. The normalized spacial score (nSPS) is 17.6. The number of hydrogen-bond donors (Lipinski definition) is 1. The maximum absolute atomic E-state index is 10.9. The van der Waals surface area contributed by atoms with Crippen molar-refractivity contribution in [3.63, 3.8) is 0 Å². The molecular weight excluding hydrogens is 270 g/mol. The average molecular weight is 293 g/mol. The Morgan fingerprint density at radius 1 is 1.43 bits per heavy atom. The van der Waals surface area contributed by atoms with Crippen LogP contribution in [0, 0.1) is 17.0 Å². The van der Waals surface area contributed by atoms with E-state index in [-0.39, 0.29) is 10.6 Å². The van der Waals surface area contributed by atoms with Crippen LogP contribution < -0.4 is 5.32 Å². The number of rotatable bonds is 6. The number of ether oxygens (including phenoxy) is 1. The minimum Gasteiger partial charge on any atom is -0.379 e. The third kappa shape index (κ3) is 4.49. The Morgan fingerprint density at radius 2 is 2.14 bits per heavy atom.